The fourth-order valence-electron chi connectivity index (χ4n) is 2.57. The maximum Gasteiger partial charge on any atom is 0.249 e. The average Bonchev–Trinajstić information content (AvgIpc) is 3.01. The number of ether oxygens (including phenoxy) is 1. The molecule has 1 aromatic heterocycles. The van der Waals surface area contributed by atoms with Crippen LogP contribution in [0.1, 0.15) is 6.42 Å². The van der Waals surface area contributed by atoms with E-state index in [2.05, 4.69) is 4.99 Å². The zero-order chi connectivity index (χ0) is 20.5. The molecule has 6 nitrogen and oxygen atoms in total. The third-order valence-corrected chi connectivity index (χ3v) is 7.70. The molecule has 1 amide bonds. The van der Waals surface area contributed by atoms with Gasteiger partial charge < -0.3 is 9.30 Å². The number of fused-ring (bicyclic) bond motifs is 1. The highest BCUT2D eigenvalue weighted by Crippen LogP contribution is 2.31. The van der Waals surface area contributed by atoms with Gasteiger partial charge in [-0.15, -0.1) is 0 Å². The zero-order valence-corrected chi connectivity index (χ0v) is 18.1. The van der Waals surface area contributed by atoms with Crippen LogP contribution in [0.25, 0.3) is 10.2 Å². The third-order valence-electron chi connectivity index (χ3n) is 4.07. The summed E-state index contributed by atoms with van der Waals surface area (Å²) in [5.41, 5.74) is 0.677. The normalized spacial score (nSPS) is 12.5. The van der Waals surface area contributed by atoms with Gasteiger partial charge in [0.15, 0.2) is 14.6 Å². The highest BCUT2D eigenvalue weighted by atomic mass is 35.5. The highest BCUT2D eigenvalue weighted by molar-refractivity contribution is 7.91. The largest absolute Gasteiger partial charge is 0.497 e. The van der Waals surface area contributed by atoms with Crippen molar-refractivity contribution in [3.8, 4) is 5.75 Å². The van der Waals surface area contributed by atoms with E-state index in [1.807, 2.05) is 0 Å². The quantitative estimate of drug-likeness (QED) is 0.581. The molecule has 0 saturated carbocycles. The van der Waals surface area contributed by atoms with Crippen LogP contribution in [0.5, 0.6) is 5.75 Å². The van der Waals surface area contributed by atoms with E-state index in [1.165, 1.54) is 30.6 Å². The van der Waals surface area contributed by atoms with Crippen molar-refractivity contribution in [3.05, 3.63) is 51.2 Å². The van der Waals surface area contributed by atoms with Gasteiger partial charge in [-0.05, 0) is 36.4 Å². The molecule has 0 aliphatic carbocycles. The summed E-state index contributed by atoms with van der Waals surface area (Å²) in [6.45, 7) is 0. The molecule has 0 aliphatic rings. The Balaban J connectivity index is 1.82. The summed E-state index contributed by atoms with van der Waals surface area (Å²) in [5, 5.41) is 1.00. The molecule has 10 heteroatoms. The maximum absolute atomic E-state index is 12.4. The standard InChI is InChI=1S/C18H16Cl2N2O4S2/c1-22-16-13(19)7-8-14(20)17(16)27-18(22)21-15(23)9-10-28(24,25)12-5-3-11(26-2)4-6-12/h3-8H,9-10H2,1-2H3. The number of hydrogen-bond donors (Lipinski definition) is 0. The van der Waals surface area contributed by atoms with E-state index < -0.39 is 15.7 Å². The smallest absolute Gasteiger partial charge is 0.249 e. The van der Waals surface area contributed by atoms with Gasteiger partial charge in [0.25, 0.3) is 0 Å². The molecule has 0 saturated heterocycles. The highest BCUT2D eigenvalue weighted by Gasteiger charge is 2.17. The van der Waals surface area contributed by atoms with E-state index in [-0.39, 0.29) is 17.1 Å². The Hall–Kier alpha value is -1.87. The van der Waals surface area contributed by atoms with Crippen LogP contribution in [0.2, 0.25) is 10.0 Å². The van der Waals surface area contributed by atoms with Crippen molar-refractivity contribution in [2.45, 2.75) is 11.3 Å². The minimum absolute atomic E-state index is 0.132. The predicted octanol–water partition coefficient (Wildman–Crippen LogP) is 3.85. The summed E-state index contributed by atoms with van der Waals surface area (Å²) in [5.74, 6) is -0.316. The van der Waals surface area contributed by atoms with Gasteiger partial charge in [0.1, 0.15) is 5.75 Å². The van der Waals surface area contributed by atoms with Gasteiger partial charge in [-0.25, -0.2) is 8.42 Å². The Morgan fingerprint density at radius 2 is 1.79 bits per heavy atom. The topological polar surface area (TPSA) is 77.7 Å². The van der Waals surface area contributed by atoms with E-state index in [0.717, 1.165) is 0 Å². The van der Waals surface area contributed by atoms with E-state index in [0.29, 0.717) is 30.8 Å². The number of methoxy groups -OCH3 is 1. The number of sulfone groups is 1. The van der Waals surface area contributed by atoms with Crippen LogP contribution in [0, 0.1) is 0 Å². The summed E-state index contributed by atoms with van der Waals surface area (Å²) >= 11 is 13.6. The van der Waals surface area contributed by atoms with Gasteiger partial charge >= 0.3 is 0 Å². The van der Waals surface area contributed by atoms with Gasteiger partial charge in [-0.3, -0.25) is 4.79 Å². The number of aryl methyl sites for hydroxylation is 1. The zero-order valence-electron chi connectivity index (χ0n) is 15.0. The van der Waals surface area contributed by atoms with Crippen LogP contribution in [-0.4, -0.2) is 31.8 Å². The van der Waals surface area contributed by atoms with Crippen molar-refractivity contribution < 1.29 is 17.9 Å². The van der Waals surface area contributed by atoms with Crippen molar-refractivity contribution in [2.75, 3.05) is 12.9 Å². The lowest BCUT2D eigenvalue weighted by molar-refractivity contribution is -0.117. The van der Waals surface area contributed by atoms with Crippen molar-refractivity contribution >= 4 is 60.5 Å². The van der Waals surface area contributed by atoms with Crippen LogP contribution in [0.3, 0.4) is 0 Å². The molecule has 0 fully saturated rings. The second-order valence-electron chi connectivity index (χ2n) is 5.90. The van der Waals surface area contributed by atoms with Crippen LogP contribution < -0.4 is 9.54 Å². The van der Waals surface area contributed by atoms with E-state index in [1.54, 1.807) is 35.9 Å². The summed E-state index contributed by atoms with van der Waals surface area (Å²) in [6, 6.07) is 9.37. The number of benzene rings is 2. The van der Waals surface area contributed by atoms with Crippen LogP contribution in [-0.2, 0) is 21.7 Å². The Morgan fingerprint density at radius 3 is 2.39 bits per heavy atom. The molecule has 0 spiro atoms. The van der Waals surface area contributed by atoms with Crippen molar-refractivity contribution in [1.29, 1.82) is 0 Å². The average molecular weight is 459 g/mol. The molecule has 0 bridgehead atoms. The third kappa shape index (κ3) is 4.25. The molecule has 0 unspecified atom stereocenters. The number of thiazole rings is 1. The Morgan fingerprint density at radius 1 is 1.14 bits per heavy atom. The summed E-state index contributed by atoms with van der Waals surface area (Å²) < 4.78 is 32.2. The minimum Gasteiger partial charge on any atom is -0.497 e. The number of rotatable bonds is 5. The first-order valence-corrected chi connectivity index (χ1v) is 11.3. The van der Waals surface area contributed by atoms with Gasteiger partial charge in [0.2, 0.25) is 5.91 Å². The number of hydrogen-bond acceptors (Lipinski definition) is 5. The number of carbonyl (C=O) groups excluding carboxylic acids is 1. The number of carbonyl (C=O) groups is 1. The first-order chi connectivity index (χ1) is 13.2. The molecule has 0 aliphatic heterocycles. The maximum atomic E-state index is 12.4. The first kappa shape index (κ1) is 20.9. The number of halogens is 2. The molecule has 2 aromatic carbocycles. The molecule has 0 N–H and O–H groups in total. The second kappa shape index (κ2) is 8.24. The molecule has 148 valence electrons. The van der Waals surface area contributed by atoms with Crippen molar-refractivity contribution in [1.82, 2.24) is 4.57 Å². The van der Waals surface area contributed by atoms with Crippen molar-refractivity contribution in [2.24, 2.45) is 12.0 Å². The fraction of sp³-hybridized carbons (Fsp3) is 0.222. The molecular formula is C18H16Cl2N2O4S2. The van der Waals surface area contributed by atoms with Gasteiger partial charge in [0.05, 0.1) is 38.0 Å². The number of amides is 1. The number of nitrogens with zero attached hydrogens (tertiary/aromatic N) is 2. The van der Waals surface area contributed by atoms with Gasteiger partial charge in [0, 0.05) is 13.5 Å². The SMILES string of the molecule is COc1ccc(S(=O)(=O)CCC(=O)N=c2sc3c(Cl)ccc(Cl)c3n2C)cc1. The first-order valence-electron chi connectivity index (χ1n) is 8.11. The molecule has 28 heavy (non-hydrogen) atoms. The molecular weight excluding hydrogens is 443 g/mol. The lowest BCUT2D eigenvalue weighted by Gasteiger charge is -2.04. The Kier molecular flexibility index (Phi) is 6.14. The molecule has 1 heterocycles. The summed E-state index contributed by atoms with van der Waals surface area (Å²) in [6.07, 6.45) is -0.232. The summed E-state index contributed by atoms with van der Waals surface area (Å²) in [4.78, 5) is 16.8. The van der Waals surface area contributed by atoms with Crippen LogP contribution in [0.15, 0.2) is 46.3 Å². The summed E-state index contributed by atoms with van der Waals surface area (Å²) in [7, 11) is -0.381. The lowest BCUT2D eigenvalue weighted by Crippen LogP contribution is -2.16. The second-order valence-corrected chi connectivity index (χ2v) is 9.80. The fourth-order valence-corrected chi connectivity index (χ4v) is 5.48. The minimum atomic E-state index is -3.60. The molecule has 3 aromatic rings. The Labute approximate surface area is 175 Å². The molecule has 3 rings (SSSR count). The van der Waals surface area contributed by atoms with E-state index in [9.17, 15) is 13.2 Å². The molecule has 0 radical (unpaired) electrons. The molecule has 0 atom stereocenters. The van der Waals surface area contributed by atoms with E-state index in [4.69, 9.17) is 27.9 Å². The van der Waals surface area contributed by atoms with E-state index >= 15 is 0 Å². The number of aromatic nitrogens is 1. The van der Waals surface area contributed by atoms with Crippen LogP contribution in [0.4, 0.5) is 0 Å². The van der Waals surface area contributed by atoms with Gasteiger partial charge in [-0.1, -0.05) is 34.5 Å². The lowest BCUT2D eigenvalue weighted by atomic mass is 10.3. The van der Waals surface area contributed by atoms with Crippen molar-refractivity contribution in [3.63, 3.8) is 0 Å². The predicted molar refractivity (Wildman–Crippen MR) is 111 cm³/mol. The Bertz CT molecular complexity index is 1210. The van der Waals surface area contributed by atoms with Crippen LogP contribution >= 0.6 is 34.5 Å². The monoisotopic (exact) mass is 458 g/mol. The van der Waals surface area contributed by atoms with Gasteiger partial charge in [-0.2, -0.15) is 4.99 Å².